The van der Waals surface area contributed by atoms with Crippen LogP contribution in [0, 0.1) is 0 Å². The van der Waals surface area contributed by atoms with Gasteiger partial charge in [0.1, 0.15) is 12.3 Å². The van der Waals surface area contributed by atoms with Gasteiger partial charge in [0.05, 0.1) is 12.6 Å². The van der Waals surface area contributed by atoms with Crippen LogP contribution in [0.2, 0.25) is 5.02 Å². The van der Waals surface area contributed by atoms with Crippen LogP contribution in [0.5, 0.6) is 5.88 Å². The Balaban J connectivity index is 1.68. The maximum Gasteiger partial charge on any atom is 0.217 e. The Morgan fingerprint density at radius 2 is 1.70 bits per heavy atom. The zero-order valence-corrected chi connectivity index (χ0v) is 21.8. The molecule has 0 saturated carbocycles. The molecule has 5 heteroatoms. The van der Waals surface area contributed by atoms with E-state index in [1.54, 1.807) is 7.11 Å². The molecule has 186 valence electrons. The first-order valence-electron chi connectivity index (χ1n) is 12.6. The summed E-state index contributed by atoms with van der Waals surface area (Å²) in [5.41, 5.74) is 3.53. The first kappa shape index (κ1) is 23.9. The molecule has 2 heterocycles. The molecule has 37 heavy (non-hydrogen) atoms. The number of nitrogens with zero attached hydrogens (tertiary/aromatic N) is 2. The van der Waals surface area contributed by atoms with Crippen molar-refractivity contribution in [2.24, 2.45) is 0 Å². The molecular formula is C32H29ClN2O2. The van der Waals surface area contributed by atoms with Gasteiger partial charge in [-0.15, -0.1) is 0 Å². The van der Waals surface area contributed by atoms with Crippen LogP contribution in [0.3, 0.4) is 0 Å². The molecule has 0 bridgehead atoms. The lowest BCUT2D eigenvalue weighted by atomic mass is 9.70. The molecule has 1 aromatic heterocycles. The molecule has 1 aliphatic heterocycles. The Morgan fingerprint density at radius 3 is 2.49 bits per heavy atom. The van der Waals surface area contributed by atoms with E-state index in [-0.39, 0.29) is 5.92 Å². The van der Waals surface area contributed by atoms with E-state index < -0.39 is 5.60 Å². The number of benzene rings is 4. The highest BCUT2D eigenvalue weighted by Crippen LogP contribution is 2.52. The van der Waals surface area contributed by atoms with Crippen LogP contribution in [-0.2, 0) is 10.3 Å². The lowest BCUT2D eigenvalue weighted by Gasteiger charge is -2.47. The van der Waals surface area contributed by atoms with Crippen LogP contribution < -0.4 is 4.74 Å². The molecule has 6 rings (SSSR count). The normalized spacial score (nSPS) is 19.2. The summed E-state index contributed by atoms with van der Waals surface area (Å²) in [6, 6.07) is 33.6. The van der Waals surface area contributed by atoms with Gasteiger partial charge in [-0.25, -0.2) is 4.98 Å². The Morgan fingerprint density at radius 1 is 0.919 bits per heavy atom. The van der Waals surface area contributed by atoms with E-state index in [0.717, 1.165) is 35.0 Å². The molecule has 1 saturated heterocycles. The van der Waals surface area contributed by atoms with Crippen LogP contribution in [0.4, 0.5) is 0 Å². The number of hydrogen-bond donors (Lipinski definition) is 0. The van der Waals surface area contributed by atoms with Gasteiger partial charge in [-0.1, -0.05) is 84.4 Å². The summed E-state index contributed by atoms with van der Waals surface area (Å²) in [6.45, 7) is 1.43. The second-order valence-corrected chi connectivity index (χ2v) is 10.2. The van der Waals surface area contributed by atoms with Crippen molar-refractivity contribution in [2.45, 2.75) is 17.9 Å². The van der Waals surface area contributed by atoms with Crippen molar-refractivity contribution in [3.63, 3.8) is 0 Å². The molecule has 4 aromatic carbocycles. The topological polar surface area (TPSA) is 34.6 Å². The van der Waals surface area contributed by atoms with E-state index in [0.29, 0.717) is 17.6 Å². The molecule has 1 fully saturated rings. The molecule has 0 aliphatic carbocycles. The molecule has 0 amide bonds. The number of hydrogen-bond acceptors (Lipinski definition) is 4. The molecule has 0 spiro atoms. The van der Waals surface area contributed by atoms with E-state index in [4.69, 9.17) is 26.1 Å². The average Bonchev–Trinajstić information content (AvgIpc) is 2.94. The van der Waals surface area contributed by atoms with Gasteiger partial charge in [-0.3, -0.25) is 4.90 Å². The summed E-state index contributed by atoms with van der Waals surface area (Å²) >= 11 is 6.41. The van der Waals surface area contributed by atoms with Gasteiger partial charge in [-0.05, 0) is 59.6 Å². The zero-order chi connectivity index (χ0) is 25.4. The van der Waals surface area contributed by atoms with Gasteiger partial charge in [0, 0.05) is 28.4 Å². The number of pyridine rings is 1. The fourth-order valence-electron chi connectivity index (χ4n) is 5.77. The average molecular weight is 509 g/mol. The Labute approximate surface area is 222 Å². The third-order valence-corrected chi connectivity index (χ3v) is 7.76. The molecular weight excluding hydrogens is 480 g/mol. The maximum absolute atomic E-state index is 6.99. The highest BCUT2D eigenvalue weighted by Gasteiger charge is 2.47. The second kappa shape index (κ2) is 9.79. The van der Waals surface area contributed by atoms with Gasteiger partial charge in [0.25, 0.3) is 0 Å². The van der Waals surface area contributed by atoms with Crippen LogP contribution in [0.1, 0.15) is 29.0 Å². The first-order chi connectivity index (χ1) is 18.1. The third kappa shape index (κ3) is 4.25. The van der Waals surface area contributed by atoms with Gasteiger partial charge < -0.3 is 9.47 Å². The Bertz CT molecular complexity index is 1560. The van der Waals surface area contributed by atoms with E-state index in [9.17, 15) is 0 Å². The van der Waals surface area contributed by atoms with Gasteiger partial charge in [0.2, 0.25) is 5.88 Å². The molecule has 2 unspecified atom stereocenters. The lowest BCUT2D eigenvalue weighted by Crippen LogP contribution is -2.47. The predicted molar refractivity (Wildman–Crippen MR) is 150 cm³/mol. The van der Waals surface area contributed by atoms with Crippen molar-refractivity contribution in [3.8, 4) is 5.88 Å². The summed E-state index contributed by atoms with van der Waals surface area (Å²) in [5, 5.41) is 4.06. The van der Waals surface area contributed by atoms with Gasteiger partial charge >= 0.3 is 0 Å². The Hall–Kier alpha value is -3.44. The monoisotopic (exact) mass is 508 g/mol. The van der Waals surface area contributed by atoms with Gasteiger partial charge in [-0.2, -0.15) is 0 Å². The minimum atomic E-state index is -0.643. The number of aromatic nitrogens is 1. The van der Waals surface area contributed by atoms with Gasteiger partial charge in [0.15, 0.2) is 0 Å². The van der Waals surface area contributed by atoms with Crippen molar-refractivity contribution < 1.29 is 9.47 Å². The number of halogens is 1. The molecule has 1 aliphatic rings. The number of methoxy groups -OCH3 is 1. The summed E-state index contributed by atoms with van der Waals surface area (Å²) in [6.07, 6.45) is 0.813. The van der Waals surface area contributed by atoms with Crippen LogP contribution >= 0.6 is 11.6 Å². The largest absolute Gasteiger partial charge is 0.481 e. The van der Waals surface area contributed by atoms with Crippen molar-refractivity contribution in [1.82, 2.24) is 9.88 Å². The van der Waals surface area contributed by atoms with Crippen molar-refractivity contribution in [1.29, 1.82) is 0 Å². The molecule has 4 nitrogen and oxygen atoms in total. The second-order valence-electron chi connectivity index (χ2n) is 9.79. The lowest BCUT2D eigenvalue weighted by molar-refractivity contribution is -0.145. The molecule has 0 radical (unpaired) electrons. The minimum absolute atomic E-state index is 0.168. The smallest absolute Gasteiger partial charge is 0.217 e. The SMILES string of the molecule is COc1nc2ccc(Cl)cc2cc1C(c1ccccc1)C1(c2cccc3ccccc23)CCN(C)CO1. The van der Waals surface area contributed by atoms with E-state index in [1.165, 1.54) is 16.3 Å². The molecule has 2 atom stereocenters. The number of ether oxygens (including phenoxy) is 2. The molecule has 5 aromatic rings. The summed E-state index contributed by atoms with van der Waals surface area (Å²) < 4.78 is 13.0. The first-order valence-corrected chi connectivity index (χ1v) is 13.0. The fraction of sp³-hybridized carbons (Fsp3) is 0.219. The third-order valence-electron chi connectivity index (χ3n) is 7.53. The van der Waals surface area contributed by atoms with E-state index >= 15 is 0 Å². The van der Waals surface area contributed by atoms with Crippen LogP contribution in [0.25, 0.3) is 21.7 Å². The van der Waals surface area contributed by atoms with E-state index in [1.807, 2.05) is 18.2 Å². The minimum Gasteiger partial charge on any atom is -0.481 e. The summed E-state index contributed by atoms with van der Waals surface area (Å²) in [5.74, 6) is 0.435. The number of rotatable bonds is 5. The van der Waals surface area contributed by atoms with Crippen LogP contribution in [-0.4, -0.2) is 37.3 Å². The van der Waals surface area contributed by atoms with Crippen molar-refractivity contribution in [3.05, 3.63) is 119 Å². The molecule has 0 N–H and O–H groups in total. The van der Waals surface area contributed by atoms with Crippen LogP contribution in [0.15, 0.2) is 97.1 Å². The van der Waals surface area contributed by atoms with Crippen molar-refractivity contribution >= 4 is 33.3 Å². The predicted octanol–water partition coefficient (Wildman–Crippen LogP) is 7.39. The Kier molecular flexibility index (Phi) is 6.33. The highest BCUT2D eigenvalue weighted by atomic mass is 35.5. The highest BCUT2D eigenvalue weighted by molar-refractivity contribution is 6.31. The van der Waals surface area contributed by atoms with Crippen molar-refractivity contribution in [2.75, 3.05) is 27.4 Å². The zero-order valence-electron chi connectivity index (χ0n) is 21.0. The maximum atomic E-state index is 6.99. The summed E-state index contributed by atoms with van der Waals surface area (Å²) in [4.78, 5) is 7.15. The van der Waals surface area contributed by atoms with E-state index in [2.05, 4.69) is 90.8 Å². The fourth-order valence-corrected chi connectivity index (χ4v) is 5.95. The number of fused-ring (bicyclic) bond motifs is 2. The summed E-state index contributed by atoms with van der Waals surface area (Å²) in [7, 11) is 3.79. The quantitative estimate of drug-likeness (QED) is 0.248. The standard InChI is InChI=1S/C32H29ClN2O2/c1-35-18-17-32(37-21-35,28-14-8-12-22-9-6-7-13-26(22)28)30(23-10-4-3-5-11-23)27-20-24-19-25(33)15-16-29(24)34-31(27)36-2/h3-16,19-20,30H,17-18,21H2,1-2H3.